The summed E-state index contributed by atoms with van der Waals surface area (Å²) in [5.41, 5.74) is 4.86. The lowest BCUT2D eigenvalue weighted by atomic mass is 9.77. The van der Waals surface area contributed by atoms with Crippen molar-refractivity contribution < 1.29 is 33.4 Å². The number of alkyl carbamates (subject to hydrolysis) is 1. The summed E-state index contributed by atoms with van der Waals surface area (Å²) >= 11 is 0. The van der Waals surface area contributed by atoms with Crippen molar-refractivity contribution in [1.29, 1.82) is 0 Å². The van der Waals surface area contributed by atoms with Gasteiger partial charge in [-0.25, -0.2) is 9.59 Å². The second kappa shape index (κ2) is 13.9. The summed E-state index contributed by atoms with van der Waals surface area (Å²) in [4.78, 5) is 53.8. The van der Waals surface area contributed by atoms with Gasteiger partial charge in [0.25, 0.3) is 0 Å². The molecule has 2 aliphatic rings. The fraction of sp³-hybridized carbons (Fsp3) is 0.667. The predicted octanol–water partition coefficient (Wildman–Crippen LogP) is 4.44. The van der Waals surface area contributed by atoms with Gasteiger partial charge in [0.2, 0.25) is 5.91 Å². The van der Waals surface area contributed by atoms with Gasteiger partial charge in [-0.1, -0.05) is 30.3 Å². The molecule has 2 fully saturated rings. The number of hydrogen-bond acceptors (Lipinski definition) is 8. The predicted molar refractivity (Wildman–Crippen MR) is 156 cm³/mol. The zero-order chi connectivity index (χ0) is 29.7. The second-order valence-corrected chi connectivity index (χ2v) is 12.7. The first-order valence-corrected chi connectivity index (χ1v) is 14.2. The van der Waals surface area contributed by atoms with Gasteiger partial charge in [0.15, 0.2) is 0 Å². The molecule has 41 heavy (non-hydrogen) atoms. The Hall–Kier alpha value is -2.85. The summed E-state index contributed by atoms with van der Waals surface area (Å²) in [5.74, 6) is -2.33. The highest BCUT2D eigenvalue weighted by atomic mass is 35.5. The highest BCUT2D eigenvalue weighted by Gasteiger charge is 2.54. The van der Waals surface area contributed by atoms with E-state index < -0.39 is 58.7 Å². The molecular formula is C30H46ClN3O7. The maximum Gasteiger partial charge on any atom is 0.407 e. The molecule has 0 aliphatic carbocycles. The van der Waals surface area contributed by atoms with E-state index in [1.54, 1.807) is 41.5 Å². The smallest absolute Gasteiger partial charge is 0.407 e. The molecule has 2 aliphatic heterocycles. The molecular weight excluding hydrogens is 550 g/mol. The summed E-state index contributed by atoms with van der Waals surface area (Å²) < 4.78 is 16.6. The second-order valence-electron chi connectivity index (χ2n) is 12.7. The van der Waals surface area contributed by atoms with Crippen LogP contribution in [-0.4, -0.2) is 64.7 Å². The molecule has 1 aromatic rings. The van der Waals surface area contributed by atoms with Crippen molar-refractivity contribution >= 4 is 36.3 Å². The van der Waals surface area contributed by atoms with Crippen LogP contribution in [0.3, 0.4) is 0 Å². The van der Waals surface area contributed by atoms with Crippen LogP contribution >= 0.6 is 12.4 Å². The molecule has 10 nitrogen and oxygen atoms in total. The van der Waals surface area contributed by atoms with Crippen LogP contribution < -0.4 is 11.1 Å². The van der Waals surface area contributed by atoms with Crippen LogP contribution in [0.4, 0.5) is 4.79 Å². The minimum atomic E-state index is -1.59. The van der Waals surface area contributed by atoms with E-state index in [0.717, 1.165) is 5.56 Å². The third-order valence-electron chi connectivity index (χ3n) is 7.06. The highest BCUT2D eigenvalue weighted by molar-refractivity contribution is 5.95. The Labute approximate surface area is 249 Å². The van der Waals surface area contributed by atoms with Crippen molar-refractivity contribution in [1.82, 2.24) is 10.2 Å². The number of benzene rings is 1. The average Bonchev–Trinajstić information content (AvgIpc) is 3.49. The fourth-order valence-corrected chi connectivity index (χ4v) is 5.24. The molecule has 2 heterocycles. The lowest BCUT2D eigenvalue weighted by Crippen LogP contribution is -2.62. The Bertz CT molecular complexity index is 1070. The van der Waals surface area contributed by atoms with Gasteiger partial charge in [-0.2, -0.15) is 0 Å². The van der Waals surface area contributed by atoms with E-state index in [9.17, 15) is 19.2 Å². The molecule has 0 saturated carbocycles. The van der Waals surface area contributed by atoms with E-state index in [1.807, 2.05) is 30.3 Å². The third kappa shape index (κ3) is 9.33. The van der Waals surface area contributed by atoms with Gasteiger partial charge >= 0.3 is 18.0 Å². The number of amides is 2. The van der Waals surface area contributed by atoms with Crippen LogP contribution in [0.15, 0.2) is 30.3 Å². The number of nitrogens with zero attached hydrogens (tertiary/aromatic N) is 1. The molecule has 0 unspecified atom stereocenters. The van der Waals surface area contributed by atoms with E-state index in [4.69, 9.17) is 19.9 Å². The van der Waals surface area contributed by atoms with Crippen molar-refractivity contribution in [2.24, 2.45) is 11.7 Å². The monoisotopic (exact) mass is 595 g/mol. The number of halogens is 1. The van der Waals surface area contributed by atoms with Gasteiger partial charge < -0.3 is 30.2 Å². The Morgan fingerprint density at radius 1 is 1.02 bits per heavy atom. The van der Waals surface area contributed by atoms with E-state index in [-0.39, 0.29) is 25.2 Å². The minimum Gasteiger partial charge on any atom is -0.458 e. The van der Waals surface area contributed by atoms with Crippen molar-refractivity contribution in [3.8, 4) is 0 Å². The standard InChI is InChI=1S/C30H45N3O7.ClH/c1-28(2,3)39-25(35)22-15-12-18-33(22)26(36)30(31,16-10-11-17-32-27(37)40-29(4,5)6)21-19-23(38-24(21)34)20-13-8-7-9-14-20;/h7-9,13-14,21-23H,10-12,15-19,31H2,1-6H3,(H,32,37);1H/t21-,22+,23+,30+;/m1./s1. The average molecular weight is 596 g/mol. The largest absolute Gasteiger partial charge is 0.458 e. The number of unbranched alkanes of at least 4 members (excludes halogenated alkanes) is 1. The minimum absolute atomic E-state index is 0. The molecule has 0 radical (unpaired) electrons. The molecule has 2 amide bonds. The maximum atomic E-state index is 14.1. The topological polar surface area (TPSA) is 137 Å². The first-order valence-electron chi connectivity index (χ1n) is 14.2. The highest BCUT2D eigenvalue weighted by Crippen LogP contribution is 2.41. The molecule has 0 aromatic heterocycles. The summed E-state index contributed by atoms with van der Waals surface area (Å²) in [7, 11) is 0. The molecule has 0 bridgehead atoms. The molecule has 230 valence electrons. The summed E-state index contributed by atoms with van der Waals surface area (Å²) in [6.07, 6.45) is 1.49. The van der Waals surface area contributed by atoms with Crippen molar-refractivity contribution in [2.45, 2.75) is 109 Å². The molecule has 4 atom stereocenters. The zero-order valence-electron chi connectivity index (χ0n) is 25.1. The van der Waals surface area contributed by atoms with Crippen LogP contribution in [0.2, 0.25) is 0 Å². The van der Waals surface area contributed by atoms with Crippen LogP contribution in [0.25, 0.3) is 0 Å². The van der Waals surface area contributed by atoms with Crippen molar-refractivity contribution in [3.05, 3.63) is 35.9 Å². The molecule has 1 aromatic carbocycles. The summed E-state index contributed by atoms with van der Waals surface area (Å²) in [5, 5.41) is 2.71. The number of carbonyl (C=O) groups is 4. The zero-order valence-corrected chi connectivity index (χ0v) is 25.9. The van der Waals surface area contributed by atoms with E-state index in [0.29, 0.717) is 38.8 Å². The van der Waals surface area contributed by atoms with Crippen LogP contribution in [0.1, 0.15) is 91.7 Å². The van der Waals surface area contributed by atoms with Gasteiger partial charge in [0, 0.05) is 19.5 Å². The van der Waals surface area contributed by atoms with Crippen LogP contribution in [-0.2, 0) is 28.6 Å². The number of ether oxygens (including phenoxy) is 3. The number of nitrogens with two attached hydrogens (primary N) is 1. The van der Waals surface area contributed by atoms with Gasteiger partial charge in [0.05, 0.1) is 5.92 Å². The summed E-state index contributed by atoms with van der Waals surface area (Å²) in [6.45, 7) is 11.4. The SMILES string of the molecule is CC(C)(C)OC(=O)NCCCC[C@@](N)(C(=O)N1CCC[C@H]1C(=O)OC(C)(C)C)[C@@H]1C[C@@H](c2ccccc2)OC1=O.Cl. The first-order chi connectivity index (χ1) is 18.6. The number of hydrogen-bond donors (Lipinski definition) is 2. The van der Waals surface area contributed by atoms with Crippen LogP contribution in [0, 0.1) is 5.92 Å². The summed E-state index contributed by atoms with van der Waals surface area (Å²) in [6, 6.07) is 8.61. The normalized spacial score (nSPS) is 22.3. The molecule has 0 spiro atoms. The van der Waals surface area contributed by atoms with Gasteiger partial charge in [-0.05, 0) is 79.2 Å². The number of cyclic esters (lactones) is 1. The van der Waals surface area contributed by atoms with Gasteiger partial charge in [0.1, 0.15) is 28.9 Å². The number of rotatable bonds is 9. The van der Waals surface area contributed by atoms with E-state index in [1.165, 1.54) is 4.90 Å². The van der Waals surface area contributed by atoms with Gasteiger partial charge in [-0.3, -0.25) is 9.59 Å². The Kier molecular flexibility index (Phi) is 11.6. The molecule has 3 N–H and O–H groups in total. The lowest BCUT2D eigenvalue weighted by Gasteiger charge is -2.37. The number of likely N-dealkylation sites (tertiary alicyclic amines) is 1. The number of nitrogens with one attached hydrogen (secondary N) is 1. The quantitative estimate of drug-likeness (QED) is 0.243. The third-order valence-corrected chi connectivity index (χ3v) is 7.06. The molecule has 11 heteroatoms. The number of esters is 2. The fourth-order valence-electron chi connectivity index (χ4n) is 5.24. The van der Waals surface area contributed by atoms with Crippen molar-refractivity contribution in [2.75, 3.05) is 13.1 Å². The van der Waals surface area contributed by atoms with Gasteiger partial charge in [-0.15, -0.1) is 12.4 Å². The lowest BCUT2D eigenvalue weighted by molar-refractivity contribution is -0.165. The Balaban J connectivity index is 0.00000588. The van der Waals surface area contributed by atoms with E-state index in [2.05, 4.69) is 5.32 Å². The molecule has 3 rings (SSSR count). The van der Waals surface area contributed by atoms with E-state index >= 15 is 0 Å². The van der Waals surface area contributed by atoms with Crippen molar-refractivity contribution in [3.63, 3.8) is 0 Å². The molecule has 2 saturated heterocycles. The maximum absolute atomic E-state index is 14.1. The Morgan fingerprint density at radius 3 is 2.27 bits per heavy atom. The van der Waals surface area contributed by atoms with Crippen LogP contribution in [0.5, 0.6) is 0 Å². The first kappa shape index (κ1) is 34.4. The Morgan fingerprint density at radius 2 is 1.66 bits per heavy atom. The number of carbonyl (C=O) groups excluding carboxylic acids is 4.